The maximum absolute atomic E-state index is 4.79. The summed E-state index contributed by atoms with van der Waals surface area (Å²) in [4.78, 5) is 15.2. The minimum atomic E-state index is 0.467. The number of aryl methyl sites for hydroxylation is 1. The molecular weight excluding hydrogens is 288 g/mol. The standard InChI is InChI=1S/C17H22N6/c1-2-23-16(18-12-19-23)11-22-9-5-6-13(10-22)17-20-14-7-3-4-8-15(14)21-17/h3-4,7-8,12-13H,2,5-6,9-11H2,1H3,(H,20,21)/t13-/m1/s1. The minimum Gasteiger partial charge on any atom is -0.342 e. The Labute approximate surface area is 135 Å². The van der Waals surface area contributed by atoms with Crippen LogP contribution in [-0.4, -0.2) is 42.7 Å². The van der Waals surface area contributed by atoms with Gasteiger partial charge in [-0.15, -0.1) is 0 Å². The van der Waals surface area contributed by atoms with Crippen LogP contribution in [0.15, 0.2) is 30.6 Å². The van der Waals surface area contributed by atoms with E-state index >= 15 is 0 Å². The third-order valence-electron chi connectivity index (χ3n) is 4.66. The number of piperidine rings is 1. The van der Waals surface area contributed by atoms with Gasteiger partial charge in [-0.3, -0.25) is 4.90 Å². The van der Waals surface area contributed by atoms with E-state index in [-0.39, 0.29) is 0 Å². The number of rotatable bonds is 4. The highest BCUT2D eigenvalue weighted by Gasteiger charge is 2.24. The van der Waals surface area contributed by atoms with E-state index in [4.69, 9.17) is 4.98 Å². The third-order valence-corrected chi connectivity index (χ3v) is 4.66. The summed E-state index contributed by atoms with van der Waals surface area (Å²) < 4.78 is 1.98. The van der Waals surface area contributed by atoms with E-state index in [0.717, 1.165) is 48.9 Å². The fraction of sp³-hybridized carbons (Fsp3) is 0.471. The highest BCUT2D eigenvalue weighted by molar-refractivity contribution is 5.74. The maximum atomic E-state index is 4.79. The van der Waals surface area contributed by atoms with E-state index < -0.39 is 0 Å². The van der Waals surface area contributed by atoms with Crippen molar-refractivity contribution in [3.63, 3.8) is 0 Å². The molecule has 1 aliphatic heterocycles. The Morgan fingerprint density at radius 1 is 1.30 bits per heavy atom. The van der Waals surface area contributed by atoms with Crippen LogP contribution in [0.3, 0.4) is 0 Å². The highest BCUT2D eigenvalue weighted by Crippen LogP contribution is 2.27. The van der Waals surface area contributed by atoms with Gasteiger partial charge in [0.25, 0.3) is 0 Å². The van der Waals surface area contributed by atoms with Crippen molar-refractivity contribution in [3.8, 4) is 0 Å². The molecule has 0 radical (unpaired) electrons. The van der Waals surface area contributed by atoms with Crippen molar-refractivity contribution in [2.24, 2.45) is 0 Å². The number of benzene rings is 1. The van der Waals surface area contributed by atoms with E-state index in [9.17, 15) is 0 Å². The van der Waals surface area contributed by atoms with Crippen LogP contribution in [0.5, 0.6) is 0 Å². The number of aromatic amines is 1. The number of nitrogens with zero attached hydrogens (tertiary/aromatic N) is 5. The summed E-state index contributed by atoms with van der Waals surface area (Å²) in [6.07, 6.45) is 4.04. The molecule has 1 saturated heterocycles. The van der Waals surface area contributed by atoms with Crippen molar-refractivity contribution < 1.29 is 0 Å². The molecular formula is C17H22N6. The molecule has 0 unspecified atom stereocenters. The number of H-pyrrole nitrogens is 1. The van der Waals surface area contributed by atoms with E-state index in [1.54, 1.807) is 6.33 Å². The molecule has 6 heteroatoms. The van der Waals surface area contributed by atoms with Crippen LogP contribution in [-0.2, 0) is 13.1 Å². The van der Waals surface area contributed by atoms with Crippen LogP contribution in [0.25, 0.3) is 11.0 Å². The van der Waals surface area contributed by atoms with Crippen molar-refractivity contribution in [2.75, 3.05) is 13.1 Å². The molecule has 0 bridgehead atoms. The molecule has 4 rings (SSSR count). The van der Waals surface area contributed by atoms with Gasteiger partial charge in [0.15, 0.2) is 0 Å². The molecule has 0 aliphatic carbocycles. The van der Waals surface area contributed by atoms with Gasteiger partial charge in [0.2, 0.25) is 0 Å². The summed E-state index contributed by atoms with van der Waals surface area (Å²) in [6, 6.07) is 8.25. The van der Waals surface area contributed by atoms with Crippen molar-refractivity contribution >= 4 is 11.0 Å². The fourth-order valence-corrected chi connectivity index (χ4v) is 3.46. The van der Waals surface area contributed by atoms with Gasteiger partial charge in [0.05, 0.1) is 17.6 Å². The first-order valence-electron chi connectivity index (χ1n) is 8.37. The molecule has 1 aliphatic rings. The van der Waals surface area contributed by atoms with Crippen LogP contribution in [0, 0.1) is 0 Å². The molecule has 23 heavy (non-hydrogen) atoms. The highest BCUT2D eigenvalue weighted by atomic mass is 15.3. The van der Waals surface area contributed by atoms with Gasteiger partial charge in [-0.2, -0.15) is 5.10 Å². The van der Waals surface area contributed by atoms with Crippen LogP contribution >= 0.6 is 0 Å². The first kappa shape index (κ1) is 14.4. The largest absolute Gasteiger partial charge is 0.342 e. The number of hydrogen-bond acceptors (Lipinski definition) is 4. The second kappa shape index (κ2) is 6.12. The average molecular weight is 310 g/mol. The zero-order valence-electron chi connectivity index (χ0n) is 13.4. The van der Waals surface area contributed by atoms with Crippen molar-refractivity contribution in [1.29, 1.82) is 0 Å². The molecule has 1 N–H and O–H groups in total. The zero-order valence-corrected chi connectivity index (χ0v) is 13.4. The Morgan fingerprint density at radius 3 is 3.09 bits per heavy atom. The normalized spacial score (nSPS) is 19.4. The van der Waals surface area contributed by atoms with Crippen molar-refractivity contribution in [3.05, 3.63) is 42.2 Å². The summed E-state index contributed by atoms with van der Waals surface area (Å²) in [5.41, 5.74) is 2.19. The number of aromatic nitrogens is 5. The molecule has 0 amide bonds. The molecule has 1 aromatic carbocycles. The monoisotopic (exact) mass is 310 g/mol. The summed E-state index contributed by atoms with van der Waals surface area (Å²) in [7, 11) is 0. The van der Waals surface area contributed by atoms with Crippen LogP contribution in [0.2, 0.25) is 0 Å². The lowest BCUT2D eigenvalue weighted by atomic mass is 9.97. The Hall–Kier alpha value is -2.21. The van der Waals surface area contributed by atoms with Gasteiger partial charge >= 0.3 is 0 Å². The Bertz CT molecular complexity index is 756. The van der Waals surface area contributed by atoms with Crippen LogP contribution in [0.4, 0.5) is 0 Å². The van der Waals surface area contributed by atoms with Gasteiger partial charge in [0.1, 0.15) is 18.0 Å². The summed E-state index contributed by atoms with van der Waals surface area (Å²) >= 11 is 0. The van der Waals surface area contributed by atoms with Gasteiger partial charge < -0.3 is 4.98 Å². The summed E-state index contributed by atoms with van der Waals surface area (Å²) in [6.45, 7) is 5.98. The molecule has 120 valence electrons. The molecule has 6 nitrogen and oxygen atoms in total. The van der Waals surface area contributed by atoms with Crippen LogP contribution in [0.1, 0.15) is 37.3 Å². The predicted molar refractivity (Wildman–Crippen MR) is 89.0 cm³/mol. The Balaban J connectivity index is 1.50. The zero-order chi connectivity index (χ0) is 15.6. The van der Waals surface area contributed by atoms with Crippen LogP contribution < -0.4 is 0 Å². The topological polar surface area (TPSA) is 62.6 Å². The lowest BCUT2D eigenvalue weighted by Gasteiger charge is -2.31. The number of nitrogens with one attached hydrogen (secondary N) is 1. The Kier molecular flexibility index (Phi) is 3.83. The SMILES string of the molecule is CCn1ncnc1CN1CCC[C@@H](c2nc3ccccc3[nH]2)C1. The number of para-hydroxylation sites is 2. The van der Waals surface area contributed by atoms with E-state index in [2.05, 4.69) is 45.1 Å². The van der Waals surface area contributed by atoms with E-state index in [1.165, 1.54) is 12.8 Å². The smallest absolute Gasteiger partial charge is 0.140 e. The molecule has 1 atom stereocenters. The Morgan fingerprint density at radius 2 is 2.22 bits per heavy atom. The molecule has 1 fully saturated rings. The van der Waals surface area contributed by atoms with Gasteiger partial charge in [-0.05, 0) is 38.4 Å². The van der Waals surface area contributed by atoms with E-state index in [1.807, 2.05) is 10.7 Å². The third kappa shape index (κ3) is 2.86. The molecule has 2 aromatic heterocycles. The first-order valence-corrected chi connectivity index (χ1v) is 8.37. The van der Waals surface area contributed by atoms with Gasteiger partial charge in [-0.1, -0.05) is 12.1 Å². The number of imidazole rings is 1. The van der Waals surface area contributed by atoms with Crippen molar-refractivity contribution in [1.82, 2.24) is 29.6 Å². The van der Waals surface area contributed by atoms with E-state index in [0.29, 0.717) is 5.92 Å². The second-order valence-electron chi connectivity index (χ2n) is 6.21. The first-order chi connectivity index (χ1) is 11.3. The lowest BCUT2D eigenvalue weighted by molar-refractivity contribution is 0.190. The van der Waals surface area contributed by atoms with Crippen molar-refractivity contribution in [2.45, 2.75) is 38.8 Å². The maximum Gasteiger partial charge on any atom is 0.140 e. The van der Waals surface area contributed by atoms with Gasteiger partial charge in [0, 0.05) is 19.0 Å². The minimum absolute atomic E-state index is 0.467. The molecule has 0 saturated carbocycles. The molecule has 0 spiro atoms. The second-order valence-corrected chi connectivity index (χ2v) is 6.21. The number of fused-ring (bicyclic) bond motifs is 1. The fourth-order valence-electron chi connectivity index (χ4n) is 3.46. The number of hydrogen-bond donors (Lipinski definition) is 1. The quantitative estimate of drug-likeness (QED) is 0.804. The predicted octanol–water partition coefficient (Wildman–Crippen LogP) is 2.55. The lowest BCUT2D eigenvalue weighted by Crippen LogP contribution is -2.35. The molecule has 3 heterocycles. The average Bonchev–Trinajstić information content (AvgIpc) is 3.21. The summed E-state index contributed by atoms with van der Waals surface area (Å²) in [5.74, 6) is 2.64. The van der Waals surface area contributed by atoms with Gasteiger partial charge in [-0.25, -0.2) is 14.6 Å². The summed E-state index contributed by atoms with van der Waals surface area (Å²) in [5, 5.41) is 4.27. The number of likely N-dealkylation sites (tertiary alicyclic amines) is 1. The molecule has 3 aromatic rings.